The third-order valence-electron chi connectivity index (χ3n) is 4.64. The quantitative estimate of drug-likeness (QED) is 0.885. The van der Waals surface area contributed by atoms with Crippen LogP contribution in [0.2, 0.25) is 0 Å². The molecule has 1 aliphatic heterocycles. The molecular weight excluding hydrogens is 352 g/mol. The van der Waals surface area contributed by atoms with E-state index < -0.39 is 0 Å². The fourth-order valence-corrected chi connectivity index (χ4v) is 3.23. The average molecular weight is 380 g/mol. The second-order valence-electron chi connectivity index (χ2n) is 8.19. The number of amides is 2. The predicted octanol–water partition coefficient (Wildman–Crippen LogP) is 2.57. The van der Waals surface area contributed by atoms with Gasteiger partial charge in [-0.15, -0.1) is 0 Å². The molecule has 0 unspecified atom stereocenters. The number of rotatable bonds is 4. The third kappa shape index (κ3) is 5.39. The molecule has 1 aliphatic rings. The van der Waals surface area contributed by atoms with Crippen LogP contribution in [0, 0.1) is 0 Å². The fourth-order valence-electron chi connectivity index (χ4n) is 3.23. The highest BCUT2D eigenvalue weighted by Gasteiger charge is 2.23. The van der Waals surface area contributed by atoms with Crippen LogP contribution in [0.3, 0.4) is 0 Å². The lowest BCUT2D eigenvalue weighted by molar-refractivity contribution is 0.0628. The molecule has 2 heterocycles. The Balaban J connectivity index is 1.59. The summed E-state index contributed by atoms with van der Waals surface area (Å²) in [4.78, 5) is 33.5. The van der Waals surface area contributed by atoms with Crippen molar-refractivity contribution in [2.45, 2.75) is 32.9 Å². The highest BCUT2D eigenvalue weighted by molar-refractivity contribution is 5.98. The van der Waals surface area contributed by atoms with Gasteiger partial charge in [0.25, 0.3) is 11.8 Å². The second-order valence-corrected chi connectivity index (χ2v) is 8.19. The number of piperazine rings is 1. The van der Waals surface area contributed by atoms with Crippen molar-refractivity contribution in [2.75, 3.05) is 26.2 Å². The first kappa shape index (κ1) is 20.0. The average Bonchev–Trinajstić information content (AvgIpc) is 2.68. The highest BCUT2D eigenvalue weighted by atomic mass is 16.2. The molecule has 1 fully saturated rings. The lowest BCUT2D eigenvalue weighted by Crippen LogP contribution is -2.48. The molecule has 0 radical (unpaired) electrons. The van der Waals surface area contributed by atoms with Crippen LogP contribution in [-0.2, 0) is 6.54 Å². The minimum absolute atomic E-state index is 0.0495. The molecule has 0 aliphatic carbocycles. The summed E-state index contributed by atoms with van der Waals surface area (Å²) in [6.07, 6.45) is 1.52. The van der Waals surface area contributed by atoms with Crippen LogP contribution < -0.4 is 5.32 Å². The van der Waals surface area contributed by atoms with Crippen molar-refractivity contribution in [2.24, 2.45) is 0 Å². The molecule has 148 valence electrons. The van der Waals surface area contributed by atoms with Crippen LogP contribution in [0.1, 0.15) is 47.2 Å². The maximum atomic E-state index is 12.9. The molecule has 2 aromatic rings. The monoisotopic (exact) mass is 380 g/mol. The van der Waals surface area contributed by atoms with Gasteiger partial charge in [0.1, 0.15) is 5.69 Å². The largest absolute Gasteiger partial charge is 0.346 e. The third-order valence-corrected chi connectivity index (χ3v) is 4.64. The lowest BCUT2D eigenvalue weighted by Gasteiger charge is -2.34. The minimum Gasteiger partial charge on any atom is -0.346 e. The number of nitrogens with one attached hydrogen (secondary N) is 1. The number of hydrogen-bond donors (Lipinski definition) is 1. The van der Waals surface area contributed by atoms with Gasteiger partial charge in [0.15, 0.2) is 0 Å². The standard InChI is InChI=1S/C22H28N4O2/c1-22(2,3)24-20(27)19-15-18(9-10-23-19)21(28)26-13-11-25(12-14-26)16-17-7-5-4-6-8-17/h4-10,15H,11-14,16H2,1-3H3,(H,24,27). The molecule has 6 nitrogen and oxygen atoms in total. The first-order valence-corrected chi connectivity index (χ1v) is 9.66. The number of nitrogens with zero attached hydrogens (tertiary/aromatic N) is 3. The number of aromatic nitrogens is 1. The Morgan fingerprint density at radius 2 is 1.71 bits per heavy atom. The molecule has 3 rings (SSSR count). The molecule has 2 amide bonds. The van der Waals surface area contributed by atoms with E-state index in [1.165, 1.54) is 11.8 Å². The molecule has 28 heavy (non-hydrogen) atoms. The van der Waals surface area contributed by atoms with E-state index >= 15 is 0 Å². The van der Waals surface area contributed by atoms with Crippen molar-refractivity contribution in [1.29, 1.82) is 0 Å². The maximum Gasteiger partial charge on any atom is 0.270 e. The fraction of sp³-hybridized carbons (Fsp3) is 0.409. The lowest BCUT2D eigenvalue weighted by atomic mass is 10.1. The Kier molecular flexibility index (Phi) is 6.09. The number of hydrogen-bond acceptors (Lipinski definition) is 4. The van der Waals surface area contributed by atoms with E-state index in [9.17, 15) is 9.59 Å². The smallest absolute Gasteiger partial charge is 0.270 e. The van der Waals surface area contributed by atoms with Gasteiger partial charge in [0.05, 0.1) is 0 Å². The Labute approximate surface area is 166 Å². The molecular formula is C22H28N4O2. The SMILES string of the molecule is CC(C)(C)NC(=O)c1cc(C(=O)N2CCN(Cc3ccccc3)CC2)ccn1. The zero-order valence-electron chi connectivity index (χ0n) is 16.8. The van der Waals surface area contributed by atoms with Gasteiger partial charge in [-0.1, -0.05) is 30.3 Å². The summed E-state index contributed by atoms with van der Waals surface area (Å²) in [5.74, 6) is -0.318. The van der Waals surface area contributed by atoms with Crippen LogP contribution in [0.25, 0.3) is 0 Å². The predicted molar refractivity (Wildman–Crippen MR) is 109 cm³/mol. The Hall–Kier alpha value is -2.73. The molecule has 1 saturated heterocycles. The number of benzene rings is 1. The van der Waals surface area contributed by atoms with E-state index in [4.69, 9.17) is 0 Å². The number of carbonyl (C=O) groups is 2. The van der Waals surface area contributed by atoms with Gasteiger partial charge >= 0.3 is 0 Å². The molecule has 0 spiro atoms. The summed E-state index contributed by atoms with van der Waals surface area (Å²) in [5, 5.41) is 2.88. The first-order valence-electron chi connectivity index (χ1n) is 9.66. The summed E-state index contributed by atoms with van der Waals surface area (Å²) in [5.41, 5.74) is 1.70. The highest BCUT2D eigenvalue weighted by Crippen LogP contribution is 2.13. The number of pyridine rings is 1. The van der Waals surface area contributed by atoms with Crippen molar-refractivity contribution in [3.8, 4) is 0 Å². The molecule has 0 atom stereocenters. The van der Waals surface area contributed by atoms with Crippen molar-refractivity contribution in [3.05, 3.63) is 65.5 Å². The van der Waals surface area contributed by atoms with Gasteiger partial charge in [-0.25, -0.2) is 0 Å². The van der Waals surface area contributed by atoms with Crippen molar-refractivity contribution in [1.82, 2.24) is 20.1 Å². The van der Waals surface area contributed by atoms with E-state index in [2.05, 4.69) is 27.3 Å². The van der Waals surface area contributed by atoms with E-state index in [1.807, 2.05) is 43.9 Å². The molecule has 0 bridgehead atoms. The zero-order valence-corrected chi connectivity index (χ0v) is 16.8. The van der Waals surface area contributed by atoms with Crippen LogP contribution in [0.4, 0.5) is 0 Å². The Bertz CT molecular complexity index is 822. The van der Waals surface area contributed by atoms with Gasteiger partial charge in [0, 0.05) is 50.0 Å². The van der Waals surface area contributed by atoms with E-state index in [0.717, 1.165) is 19.6 Å². The summed E-state index contributed by atoms with van der Waals surface area (Å²) in [6.45, 7) is 9.66. The van der Waals surface area contributed by atoms with Crippen molar-refractivity contribution >= 4 is 11.8 Å². The van der Waals surface area contributed by atoms with Crippen LogP contribution in [0.15, 0.2) is 48.7 Å². The van der Waals surface area contributed by atoms with Gasteiger partial charge < -0.3 is 10.2 Å². The second kappa shape index (κ2) is 8.52. The molecule has 1 aromatic carbocycles. The van der Waals surface area contributed by atoms with Crippen molar-refractivity contribution < 1.29 is 9.59 Å². The minimum atomic E-state index is -0.353. The molecule has 0 saturated carbocycles. The van der Waals surface area contributed by atoms with Crippen LogP contribution in [-0.4, -0.2) is 58.3 Å². The zero-order chi connectivity index (χ0) is 20.1. The topological polar surface area (TPSA) is 65.5 Å². The van der Waals surface area contributed by atoms with Crippen LogP contribution in [0.5, 0.6) is 0 Å². The Morgan fingerprint density at radius 3 is 2.36 bits per heavy atom. The molecule has 6 heteroatoms. The van der Waals surface area contributed by atoms with Gasteiger partial charge in [-0.05, 0) is 38.5 Å². The van der Waals surface area contributed by atoms with Crippen molar-refractivity contribution in [3.63, 3.8) is 0 Å². The normalized spacial score (nSPS) is 15.3. The van der Waals surface area contributed by atoms with E-state index in [0.29, 0.717) is 18.7 Å². The molecule has 1 N–H and O–H groups in total. The number of carbonyl (C=O) groups excluding carboxylic acids is 2. The summed E-state index contributed by atoms with van der Waals surface area (Å²) in [6, 6.07) is 13.6. The van der Waals surface area contributed by atoms with Gasteiger partial charge in [-0.3, -0.25) is 19.5 Å². The van der Waals surface area contributed by atoms with E-state index in [1.54, 1.807) is 12.1 Å². The summed E-state index contributed by atoms with van der Waals surface area (Å²) in [7, 11) is 0. The first-order chi connectivity index (χ1) is 13.3. The Morgan fingerprint density at radius 1 is 1.04 bits per heavy atom. The summed E-state index contributed by atoms with van der Waals surface area (Å²) >= 11 is 0. The van der Waals surface area contributed by atoms with Crippen LogP contribution >= 0.6 is 0 Å². The maximum absolute atomic E-state index is 12.9. The van der Waals surface area contributed by atoms with Gasteiger partial charge in [-0.2, -0.15) is 0 Å². The van der Waals surface area contributed by atoms with Gasteiger partial charge in [0.2, 0.25) is 0 Å². The summed E-state index contributed by atoms with van der Waals surface area (Å²) < 4.78 is 0. The molecule has 1 aromatic heterocycles. The van der Waals surface area contributed by atoms with E-state index in [-0.39, 0.29) is 23.0 Å².